The standard InChI is InChI=1S/C26H44N5O12P.3CH4/c1-40-25(36)28-13-9-7-11-18(29-26(37)41-2)23(34)27-12-8-5-4-6-10-17-15-31(24(35)30-22(17)33)21-14-20(19(16-32)43-21)44(38,39)42-3;;;/h15,18-21,32H,4-14,16H2,1-3H3,(H,27,34)(H,28,36)(H,29,37)(H,38,39)(H,30,33,35);3*1H4/t18?,19-,20-,21-;;;/m0.../s1. The Morgan fingerprint density at radius 1 is 1.00 bits per heavy atom. The van der Waals surface area contributed by atoms with Crippen molar-refractivity contribution in [2.75, 3.05) is 41.0 Å². The molecule has 1 saturated heterocycles. The number of hydrogen-bond acceptors (Lipinski definition) is 11. The first kappa shape index (κ1) is 45.9. The van der Waals surface area contributed by atoms with Gasteiger partial charge in [-0.3, -0.25) is 23.7 Å². The highest BCUT2D eigenvalue weighted by Gasteiger charge is 2.47. The third-order valence-corrected chi connectivity index (χ3v) is 9.16. The van der Waals surface area contributed by atoms with Gasteiger partial charge in [0.15, 0.2) is 0 Å². The van der Waals surface area contributed by atoms with E-state index < -0.39 is 61.7 Å². The van der Waals surface area contributed by atoms with Crippen LogP contribution >= 0.6 is 7.60 Å². The van der Waals surface area contributed by atoms with Gasteiger partial charge in [0, 0.05) is 38.4 Å². The van der Waals surface area contributed by atoms with Crippen LogP contribution in [0.3, 0.4) is 0 Å². The Kier molecular flexibility index (Phi) is 22.6. The first-order valence-electron chi connectivity index (χ1n) is 14.4. The second-order valence-electron chi connectivity index (χ2n) is 10.2. The van der Waals surface area contributed by atoms with Crippen LogP contribution < -0.4 is 27.2 Å². The number of aliphatic hydroxyl groups is 1. The molecule has 47 heavy (non-hydrogen) atoms. The lowest BCUT2D eigenvalue weighted by molar-refractivity contribution is -0.123. The highest BCUT2D eigenvalue weighted by molar-refractivity contribution is 7.53. The van der Waals surface area contributed by atoms with E-state index in [0.717, 1.165) is 24.5 Å². The molecule has 17 nitrogen and oxygen atoms in total. The number of aromatic nitrogens is 2. The SMILES string of the molecule is C.C.C.COC(=O)NCCCCC(NC(=O)OC)C(=O)NCCCCCCc1cn([C@@H]2C[C@H](P(=O)(O)OC)[C@H](CO)O2)c(=O)[nH]c1=O. The maximum Gasteiger partial charge on any atom is 0.407 e. The summed E-state index contributed by atoms with van der Waals surface area (Å²) in [5, 5.41) is 17.5. The van der Waals surface area contributed by atoms with Crippen LogP contribution in [0.15, 0.2) is 15.8 Å². The fourth-order valence-corrected chi connectivity index (χ4v) is 6.09. The number of unbranched alkanes of at least 4 members (excludes halogenated alkanes) is 4. The molecule has 2 unspecified atom stereocenters. The second-order valence-corrected chi connectivity index (χ2v) is 12.4. The van der Waals surface area contributed by atoms with Crippen LogP contribution in [0.1, 0.15) is 85.4 Å². The van der Waals surface area contributed by atoms with Crippen molar-refractivity contribution in [1.29, 1.82) is 0 Å². The molecule has 1 aromatic rings. The molecule has 0 aliphatic carbocycles. The zero-order valence-corrected chi connectivity index (χ0v) is 26.1. The van der Waals surface area contributed by atoms with Gasteiger partial charge in [-0.2, -0.15) is 0 Å². The largest absolute Gasteiger partial charge is 0.453 e. The van der Waals surface area contributed by atoms with Crippen molar-refractivity contribution in [2.45, 2.75) is 104 Å². The van der Waals surface area contributed by atoms with E-state index in [9.17, 15) is 38.5 Å². The van der Waals surface area contributed by atoms with E-state index in [2.05, 4.69) is 30.4 Å². The zero-order chi connectivity index (χ0) is 32.7. The molecule has 0 aromatic carbocycles. The van der Waals surface area contributed by atoms with Crippen molar-refractivity contribution >= 4 is 25.7 Å². The molecule has 0 saturated carbocycles. The third kappa shape index (κ3) is 14.6. The minimum absolute atomic E-state index is 0. The number of carbonyl (C=O) groups is 3. The number of nitrogens with one attached hydrogen (secondary N) is 4. The Labute approximate surface area is 276 Å². The molecule has 18 heteroatoms. The number of H-pyrrole nitrogens is 1. The van der Waals surface area contributed by atoms with Crippen molar-refractivity contribution in [3.8, 4) is 0 Å². The first-order chi connectivity index (χ1) is 21.0. The molecule has 1 fully saturated rings. The van der Waals surface area contributed by atoms with Crippen molar-refractivity contribution < 1.29 is 47.7 Å². The topological polar surface area (TPSA) is 237 Å². The molecular weight excluding hydrogens is 641 g/mol. The number of rotatable bonds is 18. The van der Waals surface area contributed by atoms with Crippen molar-refractivity contribution in [3.05, 3.63) is 32.6 Å². The molecule has 1 aliphatic rings. The summed E-state index contributed by atoms with van der Waals surface area (Å²) >= 11 is 0. The number of alkyl carbamates (subject to hydrolysis) is 2. The van der Waals surface area contributed by atoms with Crippen molar-refractivity contribution in [1.82, 2.24) is 25.5 Å². The molecule has 5 atom stereocenters. The molecule has 1 aromatic heterocycles. The summed E-state index contributed by atoms with van der Waals surface area (Å²) in [6.07, 6.45) is 2.63. The molecule has 274 valence electrons. The Morgan fingerprint density at radius 2 is 1.62 bits per heavy atom. The van der Waals surface area contributed by atoms with E-state index in [1.165, 1.54) is 20.4 Å². The number of methoxy groups -OCH3 is 2. The van der Waals surface area contributed by atoms with E-state index in [-0.39, 0.29) is 34.6 Å². The van der Waals surface area contributed by atoms with Crippen LogP contribution in [-0.2, 0) is 34.5 Å². The molecular formula is C29H56N5O12P. The summed E-state index contributed by atoms with van der Waals surface area (Å²) in [6, 6.07) is -0.798. The van der Waals surface area contributed by atoms with E-state index in [1.807, 2.05) is 0 Å². The third-order valence-electron chi connectivity index (χ3n) is 7.26. The maximum atomic E-state index is 12.6. The predicted octanol–water partition coefficient (Wildman–Crippen LogP) is 2.40. The van der Waals surface area contributed by atoms with Gasteiger partial charge < -0.3 is 44.7 Å². The molecule has 3 amide bonds. The summed E-state index contributed by atoms with van der Waals surface area (Å²) in [6.45, 7) is 0.196. The number of ether oxygens (including phenoxy) is 3. The molecule has 6 N–H and O–H groups in total. The van der Waals surface area contributed by atoms with Gasteiger partial charge in [0.1, 0.15) is 12.3 Å². The van der Waals surface area contributed by atoms with Crippen molar-refractivity contribution in [3.63, 3.8) is 0 Å². The monoisotopic (exact) mass is 697 g/mol. The average Bonchev–Trinajstić information content (AvgIpc) is 3.45. The summed E-state index contributed by atoms with van der Waals surface area (Å²) in [7, 11) is -0.541. The lowest BCUT2D eigenvalue weighted by atomic mass is 10.1. The van der Waals surface area contributed by atoms with Crippen molar-refractivity contribution in [2.24, 2.45) is 0 Å². The van der Waals surface area contributed by atoms with Crippen LogP contribution in [0.4, 0.5) is 9.59 Å². The summed E-state index contributed by atoms with van der Waals surface area (Å²) in [5.74, 6) is -0.354. The van der Waals surface area contributed by atoms with Gasteiger partial charge in [0.05, 0.1) is 32.6 Å². The van der Waals surface area contributed by atoms with Crippen LogP contribution in [0.5, 0.6) is 0 Å². The lowest BCUT2D eigenvalue weighted by Gasteiger charge is -2.19. The number of carbonyl (C=O) groups excluding carboxylic acids is 3. The van der Waals surface area contributed by atoms with E-state index in [4.69, 9.17) is 9.26 Å². The molecule has 2 rings (SSSR count). The number of aliphatic hydroxyl groups excluding tert-OH is 1. The first-order valence-corrected chi connectivity index (χ1v) is 16.0. The fourth-order valence-electron chi connectivity index (χ4n) is 4.78. The van der Waals surface area contributed by atoms with Gasteiger partial charge in [0.25, 0.3) is 5.56 Å². The van der Waals surface area contributed by atoms with Gasteiger partial charge in [-0.25, -0.2) is 14.4 Å². The molecule has 2 heterocycles. The quantitative estimate of drug-likeness (QED) is 0.0958. The number of hydrogen-bond donors (Lipinski definition) is 6. The van der Waals surface area contributed by atoms with E-state index in [1.54, 1.807) is 0 Å². The van der Waals surface area contributed by atoms with Gasteiger partial charge in [-0.05, 0) is 38.5 Å². The fraction of sp³-hybridized carbons (Fsp3) is 0.759. The molecule has 0 spiro atoms. The Morgan fingerprint density at radius 3 is 2.23 bits per heavy atom. The minimum atomic E-state index is -4.09. The molecule has 1 aliphatic heterocycles. The van der Waals surface area contributed by atoms with Gasteiger partial charge in [0.2, 0.25) is 5.91 Å². The Hall–Kier alpha value is -3.24. The second kappa shape index (κ2) is 23.1. The maximum absolute atomic E-state index is 12.6. The van der Waals surface area contributed by atoms with Gasteiger partial charge in [-0.1, -0.05) is 35.1 Å². The van der Waals surface area contributed by atoms with Crippen LogP contribution in [0.25, 0.3) is 0 Å². The van der Waals surface area contributed by atoms with Gasteiger partial charge in [-0.15, -0.1) is 0 Å². The van der Waals surface area contributed by atoms with Crippen LogP contribution in [-0.4, -0.2) is 96.5 Å². The lowest BCUT2D eigenvalue weighted by Crippen LogP contribution is -2.47. The number of amides is 3. The summed E-state index contributed by atoms with van der Waals surface area (Å²) in [4.78, 5) is 72.6. The summed E-state index contributed by atoms with van der Waals surface area (Å²) < 4.78 is 32.9. The van der Waals surface area contributed by atoms with Crippen LogP contribution in [0, 0.1) is 0 Å². The number of aromatic amines is 1. The highest BCUT2D eigenvalue weighted by atomic mass is 31.2. The van der Waals surface area contributed by atoms with E-state index >= 15 is 0 Å². The Bertz CT molecular complexity index is 1260. The van der Waals surface area contributed by atoms with Crippen LogP contribution in [0.2, 0.25) is 0 Å². The zero-order valence-electron chi connectivity index (χ0n) is 25.2. The highest BCUT2D eigenvalue weighted by Crippen LogP contribution is 2.54. The number of nitrogens with zero attached hydrogens (tertiary/aromatic N) is 1. The molecule has 0 radical (unpaired) electrons. The summed E-state index contributed by atoms with van der Waals surface area (Å²) in [5.41, 5.74) is -1.98. The normalized spacial score (nSPS) is 18.6. The van der Waals surface area contributed by atoms with Gasteiger partial charge >= 0.3 is 25.5 Å². The van der Waals surface area contributed by atoms with E-state index in [0.29, 0.717) is 57.2 Å². The number of aryl methyl sites for hydroxylation is 1. The molecule has 0 bridgehead atoms. The average molecular weight is 698 g/mol. The Balaban J connectivity index is 0. The minimum Gasteiger partial charge on any atom is -0.453 e. The smallest absolute Gasteiger partial charge is 0.407 e. The predicted molar refractivity (Wildman–Crippen MR) is 177 cm³/mol.